The molecular formula is C28H30N2O2S. The number of likely N-dealkylation sites (N-methyl/N-ethyl adjacent to an activating group) is 1. The second-order valence-electron chi connectivity index (χ2n) is 8.85. The van der Waals surface area contributed by atoms with Crippen LogP contribution < -0.4 is 4.74 Å². The third-order valence-corrected chi connectivity index (χ3v) is 8.06. The first-order valence-electron chi connectivity index (χ1n) is 11.7. The van der Waals surface area contributed by atoms with Gasteiger partial charge in [0.2, 0.25) is 0 Å². The maximum Gasteiger partial charge on any atom is 0.171 e. The number of piperazine rings is 1. The van der Waals surface area contributed by atoms with Gasteiger partial charge in [-0.05, 0) is 48.5 Å². The first-order chi connectivity index (χ1) is 16.2. The fourth-order valence-corrected chi connectivity index (χ4v) is 6.11. The van der Waals surface area contributed by atoms with Crippen molar-refractivity contribution in [2.24, 2.45) is 0 Å². The molecule has 2 heterocycles. The maximum absolute atomic E-state index is 13.7. The molecule has 0 saturated carbocycles. The van der Waals surface area contributed by atoms with Crippen molar-refractivity contribution in [1.82, 2.24) is 9.80 Å². The van der Waals surface area contributed by atoms with Crippen LogP contribution in [-0.4, -0.2) is 62.0 Å². The molecule has 0 bridgehead atoms. The molecule has 5 heteroatoms. The highest BCUT2D eigenvalue weighted by molar-refractivity contribution is 8.00. The van der Waals surface area contributed by atoms with Crippen LogP contribution in [0.4, 0.5) is 0 Å². The van der Waals surface area contributed by atoms with Gasteiger partial charge >= 0.3 is 0 Å². The number of hydrogen-bond donors (Lipinski definition) is 0. The number of hydrogen-bond acceptors (Lipinski definition) is 5. The van der Waals surface area contributed by atoms with Gasteiger partial charge in [-0.25, -0.2) is 0 Å². The van der Waals surface area contributed by atoms with Gasteiger partial charge in [0, 0.05) is 48.4 Å². The van der Waals surface area contributed by atoms with Crippen molar-refractivity contribution < 1.29 is 9.53 Å². The predicted molar refractivity (Wildman–Crippen MR) is 134 cm³/mol. The number of thioether (sulfide) groups is 1. The van der Waals surface area contributed by atoms with E-state index in [2.05, 4.69) is 59.3 Å². The summed E-state index contributed by atoms with van der Waals surface area (Å²) in [5.41, 5.74) is 3.07. The lowest BCUT2D eigenvalue weighted by Gasteiger charge is -2.32. The first kappa shape index (κ1) is 22.2. The number of carbonyl (C=O) groups is 1. The van der Waals surface area contributed by atoms with Crippen molar-refractivity contribution in [1.29, 1.82) is 0 Å². The number of rotatable bonds is 7. The van der Waals surface area contributed by atoms with E-state index in [1.165, 1.54) is 10.5 Å². The third kappa shape index (κ3) is 5.01. The summed E-state index contributed by atoms with van der Waals surface area (Å²) in [6, 6.07) is 26.4. The van der Waals surface area contributed by atoms with E-state index in [1.54, 1.807) is 11.8 Å². The highest BCUT2D eigenvalue weighted by Gasteiger charge is 2.39. The van der Waals surface area contributed by atoms with Gasteiger partial charge in [0.1, 0.15) is 12.4 Å². The van der Waals surface area contributed by atoms with Crippen molar-refractivity contribution in [2.45, 2.75) is 16.1 Å². The second-order valence-corrected chi connectivity index (χ2v) is 10.0. The molecule has 2 aliphatic rings. The summed E-state index contributed by atoms with van der Waals surface area (Å²) in [6.07, 6.45) is 0. The van der Waals surface area contributed by atoms with Crippen LogP contribution in [0.25, 0.3) is 0 Å². The van der Waals surface area contributed by atoms with Crippen molar-refractivity contribution >= 4 is 17.5 Å². The zero-order chi connectivity index (χ0) is 22.6. The van der Waals surface area contributed by atoms with Gasteiger partial charge in [-0.15, -0.1) is 11.8 Å². The SMILES string of the molecule is CN1CCN(CCOc2ccc(C(=O)C3c4ccccc4SC3c3ccccc3)cc2)CC1. The molecule has 2 unspecified atom stereocenters. The van der Waals surface area contributed by atoms with E-state index in [0.717, 1.165) is 49.6 Å². The zero-order valence-electron chi connectivity index (χ0n) is 19.0. The Morgan fingerprint density at radius 1 is 0.909 bits per heavy atom. The monoisotopic (exact) mass is 458 g/mol. The minimum absolute atomic E-state index is 0.0932. The van der Waals surface area contributed by atoms with Gasteiger partial charge in [-0.2, -0.15) is 0 Å². The number of Topliss-reactive ketones (excluding diaryl/α,β-unsaturated/α-hetero) is 1. The summed E-state index contributed by atoms with van der Waals surface area (Å²) in [5, 5.41) is 0.0932. The Labute approximate surface area is 200 Å². The van der Waals surface area contributed by atoms with Gasteiger partial charge in [0.05, 0.1) is 5.92 Å². The molecule has 0 aromatic heterocycles. The van der Waals surface area contributed by atoms with Crippen LogP contribution in [0.1, 0.15) is 32.7 Å². The summed E-state index contributed by atoms with van der Waals surface area (Å²) in [5.74, 6) is 0.810. The molecule has 2 aliphatic heterocycles. The molecule has 0 spiro atoms. The average Bonchev–Trinajstić information content (AvgIpc) is 3.25. The van der Waals surface area contributed by atoms with Crippen LogP contribution in [0.3, 0.4) is 0 Å². The molecule has 33 heavy (non-hydrogen) atoms. The molecule has 0 radical (unpaired) electrons. The number of carbonyl (C=O) groups excluding carboxylic acids is 1. The van der Waals surface area contributed by atoms with Crippen molar-refractivity contribution in [3.05, 3.63) is 95.6 Å². The average molecular weight is 459 g/mol. The normalized spacial score (nSPS) is 21.0. The van der Waals surface area contributed by atoms with Crippen LogP contribution in [0.15, 0.2) is 83.8 Å². The number of nitrogens with zero attached hydrogens (tertiary/aromatic N) is 2. The molecule has 0 aliphatic carbocycles. The Morgan fingerprint density at radius 2 is 1.61 bits per heavy atom. The number of benzene rings is 3. The highest BCUT2D eigenvalue weighted by atomic mass is 32.2. The maximum atomic E-state index is 13.7. The molecule has 0 amide bonds. The van der Waals surface area contributed by atoms with Crippen molar-refractivity contribution in [3.63, 3.8) is 0 Å². The molecule has 2 atom stereocenters. The molecule has 0 N–H and O–H groups in total. The number of ether oxygens (including phenoxy) is 1. The van der Waals surface area contributed by atoms with Crippen LogP contribution >= 0.6 is 11.8 Å². The molecule has 3 aromatic carbocycles. The third-order valence-electron chi connectivity index (χ3n) is 6.63. The smallest absolute Gasteiger partial charge is 0.171 e. The molecule has 3 aromatic rings. The molecule has 170 valence electrons. The van der Waals surface area contributed by atoms with Gasteiger partial charge in [0.25, 0.3) is 0 Å². The lowest BCUT2D eigenvalue weighted by atomic mass is 9.85. The summed E-state index contributed by atoms with van der Waals surface area (Å²) in [4.78, 5) is 19.7. The Kier molecular flexibility index (Phi) is 6.81. The van der Waals surface area contributed by atoms with E-state index in [9.17, 15) is 4.79 Å². The second kappa shape index (κ2) is 10.1. The molecule has 4 nitrogen and oxygen atoms in total. The largest absolute Gasteiger partial charge is 0.492 e. The van der Waals surface area contributed by atoms with Crippen LogP contribution in [0.5, 0.6) is 5.75 Å². The quantitative estimate of drug-likeness (QED) is 0.459. The molecular weight excluding hydrogens is 428 g/mol. The molecule has 1 fully saturated rings. The Bertz CT molecular complexity index is 1080. The zero-order valence-corrected chi connectivity index (χ0v) is 19.8. The summed E-state index contributed by atoms with van der Waals surface area (Å²) in [6.45, 7) is 6.02. The van der Waals surface area contributed by atoms with Crippen LogP contribution in [0, 0.1) is 0 Å². The van der Waals surface area contributed by atoms with E-state index in [1.807, 2.05) is 36.4 Å². The predicted octanol–water partition coefficient (Wildman–Crippen LogP) is 5.13. The Balaban J connectivity index is 1.27. The lowest BCUT2D eigenvalue weighted by molar-refractivity contribution is 0.0958. The topological polar surface area (TPSA) is 32.8 Å². The van der Waals surface area contributed by atoms with E-state index in [4.69, 9.17) is 4.74 Å². The summed E-state index contributed by atoms with van der Waals surface area (Å²) >= 11 is 1.80. The van der Waals surface area contributed by atoms with Gasteiger partial charge < -0.3 is 9.64 Å². The van der Waals surface area contributed by atoms with Gasteiger partial charge in [-0.3, -0.25) is 9.69 Å². The minimum Gasteiger partial charge on any atom is -0.492 e. The molecule has 5 rings (SSSR count). The van der Waals surface area contributed by atoms with Crippen LogP contribution in [-0.2, 0) is 0 Å². The van der Waals surface area contributed by atoms with E-state index in [-0.39, 0.29) is 17.0 Å². The van der Waals surface area contributed by atoms with Crippen LogP contribution in [0.2, 0.25) is 0 Å². The highest BCUT2D eigenvalue weighted by Crippen LogP contribution is 2.55. The fourth-order valence-electron chi connectivity index (χ4n) is 4.65. The van der Waals surface area contributed by atoms with E-state index < -0.39 is 0 Å². The minimum atomic E-state index is -0.183. The Morgan fingerprint density at radius 3 is 2.36 bits per heavy atom. The standard InChI is InChI=1S/C28H30N2O2S/c1-29-15-17-30(18-16-29)19-20-32-23-13-11-21(12-14-23)27(31)26-24-9-5-6-10-25(24)33-28(26)22-7-3-2-4-8-22/h2-14,26,28H,15-20H2,1H3. The lowest BCUT2D eigenvalue weighted by Crippen LogP contribution is -2.45. The summed E-state index contributed by atoms with van der Waals surface area (Å²) in [7, 11) is 2.17. The fraction of sp³-hybridized carbons (Fsp3) is 0.321. The number of ketones is 1. The molecule has 1 saturated heterocycles. The van der Waals surface area contributed by atoms with E-state index in [0.29, 0.717) is 6.61 Å². The first-order valence-corrected chi connectivity index (χ1v) is 12.6. The van der Waals surface area contributed by atoms with Crippen molar-refractivity contribution in [2.75, 3.05) is 46.4 Å². The van der Waals surface area contributed by atoms with Crippen molar-refractivity contribution in [3.8, 4) is 5.75 Å². The van der Waals surface area contributed by atoms with Gasteiger partial charge in [-0.1, -0.05) is 48.5 Å². The van der Waals surface area contributed by atoms with E-state index >= 15 is 0 Å². The summed E-state index contributed by atoms with van der Waals surface area (Å²) < 4.78 is 5.97. The Hall–Kier alpha value is -2.60. The van der Waals surface area contributed by atoms with Gasteiger partial charge in [0.15, 0.2) is 5.78 Å². The number of fused-ring (bicyclic) bond motifs is 1.